The van der Waals surface area contributed by atoms with Crippen LogP contribution in [-0.4, -0.2) is 34.1 Å². The van der Waals surface area contributed by atoms with Crippen molar-refractivity contribution >= 4 is 5.91 Å². The normalized spacial score (nSPS) is 16.0. The number of benzene rings is 1. The third-order valence-corrected chi connectivity index (χ3v) is 4.32. The van der Waals surface area contributed by atoms with Gasteiger partial charge in [0.2, 0.25) is 17.7 Å². The summed E-state index contributed by atoms with van der Waals surface area (Å²) >= 11 is 0. The highest BCUT2D eigenvalue weighted by Gasteiger charge is 2.27. The molecule has 0 radical (unpaired) electrons. The van der Waals surface area contributed by atoms with Gasteiger partial charge in [0.25, 0.3) is 0 Å². The average molecular weight is 299 g/mol. The predicted octanol–water partition coefficient (Wildman–Crippen LogP) is 3.16. The Morgan fingerprint density at radius 2 is 2.00 bits per heavy atom. The standard InChI is InChI=1S/C17H21N3O2/c1-3-15(21)20-10-8-13(9-11-20)16-18-19-17(22-16)14-7-5-4-6-12(14)2/h4-7,13H,3,8-11H2,1-2H3. The van der Waals surface area contributed by atoms with Gasteiger partial charge in [-0.05, 0) is 31.4 Å². The zero-order chi connectivity index (χ0) is 15.5. The summed E-state index contributed by atoms with van der Waals surface area (Å²) in [6.07, 6.45) is 2.35. The molecule has 3 rings (SSSR count). The number of hydrogen-bond donors (Lipinski definition) is 0. The Labute approximate surface area is 130 Å². The van der Waals surface area contributed by atoms with E-state index in [4.69, 9.17) is 4.42 Å². The largest absolute Gasteiger partial charge is 0.420 e. The van der Waals surface area contributed by atoms with Crippen LogP contribution in [0.2, 0.25) is 0 Å². The fraction of sp³-hybridized carbons (Fsp3) is 0.471. The third-order valence-electron chi connectivity index (χ3n) is 4.32. The van der Waals surface area contributed by atoms with Gasteiger partial charge < -0.3 is 9.32 Å². The second kappa shape index (κ2) is 6.30. The number of piperidine rings is 1. The third kappa shape index (κ3) is 2.89. The lowest BCUT2D eigenvalue weighted by Gasteiger charge is -2.30. The van der Waals surface area contributed by atoms with Crippen LogP contribution in [0.4, 0.5) is 0 Å². The van der Waals surface area contributed by atoms with Gasteiger partial charge in [0.15, 0.2) is 0 Å². The summed E-state index contributed by atoms with van der Waals surface area (Å²) in [7, 11) is 0. The van der Waals surface area contributed by atoms with Crippen molar-refractivity contribution in [2.24, 2.45) is 0 Å². The lowest BCUT2D eigenvalue weighted by atomic mass is 9.96. The Balaban J connectivity index is 1.71. The minimum atomic E-state index is 0.226. The topological polar surface area (TPSA) is 59.2 Å². The van der Waals surface area contributed by atoms with Crippen molar-refractivity contribution < 1.29 is 9.21 Å². The Hall–Kier alpha value is -2.17. The molecule has 5 nitrogen and oxygen atoms in total. The quantitative estimate of drug-likeness (QED) is 0.873. The van der Waals surface area contributed by atoms with Gasteiger partial charge in [-0.2, -0.15) is 0 Å². The molecule has 5 heteroatoms. The zero-order valence-corrected chi connectivity index (χ0v) is 13.1. The van der Waals surface area contributed by atoms with E-state index in [1.165, 1.54) is 0 Å². The van der Waals surface area contributed by atoms with Crippen molar-refractivity contribution in [2.45, 2.75) is 39.0 Å². The summed E-state index contributed by atoms with van der Waals surface area (Å²) in [6.45, 7) is 5.49. The number of hydrogen-bond acceptors (Lipinski definition) is 4. The molecule has 22 heavy (non-hydrogen) atoms. The SMILES string of the molecule is CCC(=O)N1CCC(c2nnc(-c3ccccc3C)o2)CC1. The molecular formula is C17H21N3O2. The molecule has 0 atom stereocenters. The van der Waals surface area contributed by atoms with Gasteiger partial charge in [-0.25, -0.2) is 0 Å². The molecule has 0 unspecified atom stereocenters. The molecule has 1 fully saturated rings. The molecule has 116 valence electrons. The first-order valence-corrected chi connectivity index (χ1v) is 7.86. The fourth-order valence-corrected chi connectivity index (χ4v) is 2.92. The number of rotatable bonds is 3. The van der Waals surface area contributed by atoms with Gasteiger partial charge >= 0.3 is 0 Å². The lowest BCUT2D eigenvalue weighted by Crippen LogP contribution is -2.37. The molecule has 1 aromatic carbocycles. The van der Waals surface area contributed by atoms with E-state index in [2.05, 4.69) is 10.2 Å². The van der Waals surface area contributed by atoms with E-state index in [0.29, 0.717) is 18.2 Å². The minimum Gasteiger partial charge on any atom is -0.420 e. The van der Waals surface area contributed by atoms with Crippen molar-refractivity contribution in [3.63, 3.8) is 0 Å². The second-order valence-corrected chi connectivity index (χ2v) is 5.77. The smallest absolute Gasteiger partial charge is 0.248 e. The van der Waals surface area contributed by atoms with E-state index < -0.39 is 0 Å². The van der Waals surface area contributed by atoms with Crippen LogP contribution < -0.4 is 0 Å². The summed E-state index contributed by atoms with van der Waals surface area (Å²) < 4.78 is 5.89. The number of carbonyl (C=O) groups is 1. The highest BCUT2D eigenvalue weighted by Crippen LogP contribution is 2.30. The van der Waals surface area contributed by atoms with Gasteiger partial charge in [0, 0.05) is 31.0 Å². The van der Waals surface area contributed by atoms with E-state index in [-0.39, 0.29) is 11.8 Å². The highest BCUT2D eigenvalue weighted by atomic mass is 16.4. The highest BCUT2D eigenvalue weighted by molar-refractivity contribution is 5.75. The molecular weight excluding hydrogens is 278 g/mol. The molecule has 0 spiro atoms. The second-order valence-electron chi connectivity index (χ2n) is 5.77. The van der Waals surface area contributed by atoms with E-state index in [9.17, 15) is 4.79 Å². The molecule has 0 saturated carbocycles. The molecule has 0 aliphatic carbocycles. The number of aryl methyl sites for hydroxylation is 1. The maximum absolute atomic E-state index is 11.7. The van der Waals surface area contributed by atoms with E-state index in [1.54, 1.807) is 0 Å². The van der Waals surface area contributed by atoms with Crippen molar-refractivity contribution in [3.8, 4) is 11.5 Å². The summed E-state index contributed by atoms with van der Waals surface area (Å²) in [6, 6.07) is 8.00. The van der Waals surface area contributed by atoms with Crippen molar-refractivity contribution in [2.75, 3.05) is 13.1 Å². The summed E-state index contributed by atoms with van der Waals surface area (Å²) in [5.74, 6) is 1.76. The number of likely N-dealkylation sites (tertiary alicyclic amines) is 1. The first kappa shape index (κ1) is 14.8. The first-order valence-electron chi connectivity index (χ1n) is 7.86. The van der Waals surface area contributed by atoms with Gasteiger partial charge in [0.1, 0.15) is 0 Å². The van der Waals surface area contributed by atoms with Crippen LogP contribution in [0.15, 0.2) is 28.7 Å². The Morgan fingerprint density at radius 3 is 2.68 bits per heavy atom. The van der Waals surface area contributed by atoms with Crippen molar-refractivity contribution in [3.05, 3.63) is 35.7 Å². The number of nitrogens with zero attached hydrogens (tertiary/aromatic N) is 3. The van der Waals surface area contributed by atoms with Crippen molar-refractivity contribution in [1.82, 2.24) is 15.1 Å². The zero-order valence-electron chi connectivity index (χ0n) is 13.1. The molecule has 1 amide bonds. The predicted molar refractivity (Wildman–Crippen MR) is 83.3 cm³/mol. The van der Waals surface area contributed by atoms with Crippen LogP contribution >= 0.6 is 0 Å². The van der Waals surface area contributed by atoms with Crippen LogP contribution in [0.1, 0.15) is 43.6 Å². The van der Waals surface area contributed by atoms with Crippen LogP contribution in [0.25, 0.3) is 11.5 Å². The molecule has 1 aliphatic rings. The lowest BCUT2D eigenvalue weighted by molar-refractivity contribution is -0.131. The van der Waals surface area contributed by atoms with E-state index in [0.717, 1.165) is 37.1 Å². The van der Waals surface area contributed by atoms with Crippen LogP contribution in [0.5, 0.6) is 0 Å². The average Bonchev–Trinajstić information content (AvgIpc) is 3.04. The summed E-state index contributed by atoms with van der Waals surface area (Å²) in [4.78, 5) is 13.6. The molecule has 0 bridgehead atoms. The minimum absolute atomic E-state index is 0.226. The monoisotopic (exact) mass is 299 g/mol. The molecule has 2 heterocycles. The Kier molecular flexibility index (Phi) is 4.22. The van der Waals surface area contributed by atoms with Crippen LogP contribution in [-0.2, 0) is 4.79 Å². The number of aromatic nitrogens is 2. The maximum atomic E-state index is 11.7. The van der Waals surface area contributed by atoms with E-state index >= 15 is 0 Å². The summed E-state index contributed by atoms with van der Waals surface area (Å²) in [5, 5.41) is 8.42. The Bertz CT molecular complexity index is 657. The first-order chi connectivity index (χ1) is 10.7. The Morgan fingerprint density at radius 1 is 1.27 bits per heavy atom. The fourth-order valence-electron chi connectivity index (χ4n) is 2.92. The molecule has 0 N–H and O–H groups in total. The van der Waals surface area contributed by atoms with Crippen molar-refractivity contribution in [1.29, 1.82) is 0 Å². The van der Waals surface area contributed by atoms with Gasteiger partial charge in [-0.1, -0.05) is 25.1 Å². The van der Waals surface area contributed by atoms with Gasteiger partial charge in [-0.3, -0.25) is 4.79 Å². The number of carbonyl (C=O) groups excluding carboxylic acids is 1. The van der Waals surface area contributed by atoms with Crippen LogP contribution in [0.3, 0.4) is 0 Å². The van der Waals surface area contributed by atoms with Gasteiger partial charge in [-0.15, -0.1) is 10.2 Å². The molecule has 1 aromatic heterocycles. The number of amides is 1. The molecule has 2 aromatic rings. The van der Waals surface area contributed by atoms with Crippen LogP contribution in [0, 0.1) is 6.92 Å². The van der Waals surface area contributed by atoms with E-state index in [1.807, 2.05) is 43.0 Å². The summed E-state index contributed by atoms with van der Waals surface area (Å²) in [5.41, 5.74) is 2.11. The molecule has 1 saturated heterocycles. The molecule has 1 aliphatic heterocycles. The van der Waals surface area contributed by atoms with Gasteiger partial charge in [0.05, 0.1) is 0 Å². The maximum Gasteiger partial charge on any atom is 0.248 e.